The van der Waals surface area contributed by atoms with Gasteiger partial charge >= 0.3 is 0 Å². The predicted octanol–water partition coefficient (Wildman–Crippen LogP) is 5.46. The second-order valence-corrected chi connectivity index (χ2v) is 7.91. The molecule has 2 nitrogen and oxygen atoms in total. The van der Waals surface area contributed by atoms with Crippen LogP contribution in [-0.4, -0.2) is 21.9 Å². The monoisotopic (exact) mass is 300 g/mol. The largest absolute Gasteiger partial charge is 0.393 e. The fraction of sp³-hybridized carbons (Fsp3) is 1.00. The van der Waals surface area contributed by atoms with E-state index in [2.05, 4.69) is 34.6 Å². The fourth-order valence-corrected chi connectivity index (χ4v) is 2.84. The first-order valence-corrected chi connectivity index (χ1v) is 9.15. The van der Waals surface area contributed by atoms with Gasteiger partial charge in [-0.2, -0.15) is 0 Å². The quantitative estimate of drug-likeness (QED) is 0.470. The third-order valence-corrected chi connectivity index (χ3v) is 4.61. The molecule has 0 aliphatic carbocycles. The van der Waals surface area contributed by atoms with Crippen molar-refractivity contribution in [1.29, 1.82) is 0 Å². The second-order valence-electron chi connectivity index (χ2n) is 7.91. The highest BCUT2D eigenvalue weighted by Gasteiger charge is 2.27. The van der Waals surface area contributed by atoms with Crippen molar-refractivity contribution in [3.63, 3.8) is 0 Å². The Morgan fingerprint density at radius 3 is 1.57 bits per heavy atom. The molecule has 128 valence electrons. The molecule has 0 saturated carbocycles. The molecule has 2 heteroatoms. The van der Waals surface area contributed by atoms with Crippen LogP contribution in [0.2, 0.25) is 0 Å². The zero-order valence-corrected chi connectivity index (χ0v) is 15.2. The fourth-order valence-electron chi connectivity index (χ4n) is 2.84. The summed E-state index contributed by atoms with van der Waals surface area (Å²) in [5, 5.41) is 21.0. The number of aliphatic hydroxyl groups is 2. The normalized spacial score (nSPS) is 14.4. The van der Waals surface area contributed by atoms with Crippen LogP contribution in [0, 0.1) is 5.41 Å². The average molecular weight is 301 g/mol. The van der Waals surface area contributed by atoms with Gasteiger partial charge in [0.25, 0.3) is 0 Å². The van der Waals surface area contributed by atoms with E-state index in [0.29, 0.717) is 0 Å². The summed E-state index contributed by atoms with van der Waals surface area (Å²) in [5.74, 6) is 0. The van der Waals surface area contributed by atoms with Crippen molar-refractivity contribution in [3.8, 4) is 0 Å². The summed E-state index contributed by atoms with van der Waals surface area (Å²) in [6.45, 7) is 10.6. The second kappa shape index (κ2) is 10.6. The Hall–Kier alpha value is -0.0800. The molecule has 0 spiro atoms. The maximum absolute atomic E-state index is 10.9. The van der Waals surface area contributed by atoms with Gasteiger partial charge in [0, 0.05) is 0 Å². The third-order valence-electron chi connectivity index (χ3n) is 4.61. The van der Waals surface area contributed by atoms with Gasteiger partial charge in [-0.05, 0) is 37.5 Å². The molecule has 0 aliphatic heterocycles. The van der Waals surface area contributed by atoms with Crippen LogP contribution >= 0.6 is 0 Å². The molecule has 0 aromatic rings. The van der Waals surface area contributed by atoms with Crippen LogP contribution in [0.25, 0.3) is 0 Å². The maximum Gasteiger partial charge on any atom is 0.0647 e. The predicted molar refractivity (Wildman–Crippen MR) is 92.5 cm³/mol. The van der Waals surface area contributed by atoms with Gasteiger partial charge in [-0.3, -0.25) is 0 Å². The molecular formula is C19H40O2. The molecule has 0 aromatic heterocycles. The zero-order valence-electron chi connectivity index (χ0n) is 15.2. The first-order valence-electron chi connectivity index (χ1n) is 9.15. The number of hydrogen-bond acceptors (Lipinski definition) is 2. The van der Waals surface area contributed by atoms with Gasteiger partial charge in [-0.15, -0.1) is 0 Å². The molecule has 0 amide bonds. The maximum atomic E-state index is 10.9. The van der Waals surface area contributed by atoms with Crippen LogP contribution in [0.5, 0.6) is 0 Å². The van der Waals surface area contributed by atoms with E-state index in [4.69, 9.17) is 0 Å². The van der Waals surface area contributed by atoms with Crippen molar-refractivity contribution in [2.24, 2.45) is 5.41 Å². The molecule has 0 bridgehead atoms. The zero-order chi connectivity index (χ0) is 16.4. The number of hydrogen-bond donors (Lipinski definition) is 2. The molecule has 0 rings (SSSR count). The van der Waals surface area contributed by atoms with Gasteiger partial charge in [0.2, 0.25) is 0 Å². The Balaban J connectivity index is 4.25. The van der Waals surface area contributed by atoms with Crippen molar-refractivity contribution in [3.05, 3.63) is 0 Å². The van der Waals surface area contributed by atoms with E-state index in [0.717, 1.165) is 44.9 Å². The lowest BCUT2D eigenvalue weighted by Gasteiger charge is -2.31. The molecule has 0 fully saturated rings. The highest BCUT2D eigenvalue weighted by atomic mass is 16.3. The Kier molecular flexibility index (Phi) is 10.6. The summed E-state index contributed by atoms with van der Waals surface area (Å²) in [6, 6.07) is 0. The minimum absolute atomic E-state index is 0.0530. The number of unbranched alkanes of at least 4 members (excludes halogenated alkanes) is 4. The van der Waals surface area contributed by atoms with Crippen LogP contribution in [-0.2, 0) is 0 Å². The molecule has 2 N–H and O–H groups in total. The van der Waals surface area contributed by atoms with E-state index in [-0.39, 0.29) is 11.5 Å². The Bertz CT molecular complexity index is 232. The Morgan fingerprint density at radius 1 is 0.762 bits per heavy atom. The number of rotatable bonds is 12. The molecule has 1 unspecified atom stereocenters. The van der Waals surface area contributed by atoms with Gasteiger partial charge in [0.1, 0.15) is 0 Å². The summed E-state index contributed by atoms with van der Waals surface area (Å²) in [6.07, 6.45) is 11.2. The van der Waals surface area contributed by atoms with Crippen LogP contribution in [0.4, 0.5) is 0 Å². The van der Waals surface area contributed by atoms with Crippen molar-refractivity contribution < 1.29 is 10.2 Å². The van der Waals surface area contributed by atoms with E-state index < -0.39 is 5.60 Å². The van der Waals surface area contributed by atoms with Crippen LogP contribution in [0.3, 0.4) is 0 Å². The summed E-state index contributed by atoms with van der Waals surface area (Å²) < 4.78 is 0. The van der Waals surface area contributed by atoms with Gasteiger partial charge in [-0.1, -0.05) is 73.1 Å². The van der Waals surface area contributed by atoms with E-state index in [9.17, 15) is 10.2 Å². The van der Waals surface area contributed by atoms with E-state index in [1.54, 1.807) is 0 Å². The first kappa shape index (κ1) is 20.9. The average Bonchev–Trinajstić information content (AvgIpc) is 2.38. The van der Waals surface area contributed by atoms with Gasteiger partial charge < -0.3 is 10.2 Å². The Labute approximate surface area is 133 Å². The lowest BCUT2D eigenvalue weighted by molar-refractivity contribution is -0.00206. The molecule has 21 heavy (non-hydrogen) atoms. The molecule has 0 saturated heterocycles. The lowest BCUT2D eigenvalue weighted by atomic mass is 9.82. The third kappa shape index (κ3) is 10.3. The van der Waals surface area contributed by atoms with Crippen molar-refractivity contribution in [2.75, 3.05) is 0 Å². The Morgan fingerprint density at radius 2 is 1.19 bits per heavy atom. The minimum atomic E-state index is -0.498. The van der Waals surface area contributed by atoms with E-state index in [1.807, 2.05) is 0 Å². The summed E-state index contributed by atoms with van der Waals surface area (Å²) in [7, 11) is 0. The van der Waals surface area contributed by atoms with Crippen molar-refractivity contribution >= 4 is 0 Å². The van der Waals surface area contributed by atoms with Crippen LogP contribution < -0.4 is 0 Å². The smallest absolute Gasteiger partial charge is 0.0647 e. The van der Waals surface area contributed by atoms with Crippen molar-refractivity contribution in [2.45, 2.75) is 117 Å². The summed E-state index contributed by atoms with van der Waals surface area (Å²) in [5.41, 5.74) is -0.551. The van der Waals surface area contributed by atoms with E-state index in [1.165, 1.54) is 25.7 Å². The summed E-state index contributed by atoms with van der Waals surface area (Å²) >= 11 is 0. The SMILES string of the molecule is CCCCCC(O)(CCCCC)CCCC(O)C(C)(C)C. The summed E-state index contributed by atoms with van der Waals surface area (Å²) in [4.78, 5) is 0. The molecule has 0 aliphatic rings. The lowest BCUT2D eigenvalue weighted by Crippen LogP contribution is -2.30. The highest BCUT2D eigenvalue weighted by molar-refractivity contribution is 4.80. The molecule has 0 radical (unpaired) electrons. The van der Waals surface area contributed by atoms with Gasteiger partial charge in [0.05, 0.1) is 11.7 Å². The van der Waals surface area contributed by atoms with Gasteiger partial charge in [-0.25, -0.2) is 0 Å². The molecular weight excluding hydrogens is 260 g/mol. The van der Waals surface area contributed by atoms with Crippen LogP contribution in [0.15, 0.2) is 0 Å². The molecule has 0 heterocycles. The molecule has 1 atom stereocenters. The highest BCUT2D eigenvalue weighted by Crippen LogP contribution is 2.30. The first-order chi connectivity index (χ1) is 9.75. The number of aliphatic hydroxyl groups excluding tert-OH is 1. The standard InChI is InChI=1S/C19H40O2/c1-6-8-10-14-19(21,15-11-9-7-2)16-12-13-17(20)18(3,4)5/h17,20-21H,6-16H2,1-5H3. The van der Waals surface area contributed by atoms with Crippen molar-refractivity contribution in [1.82, 2.24) is 0 Å². The van der Waals surface area contributed by atoms with Crippen LogP contribution in [0.1, 0.15) is 105 Å². The molecule has 0 aromatic carbocycles. The van der Waals surface area contributed by atoms with E-state index >= 15 is 0 Å². The topological polar surface area (TPSA) is 40.5 Å². The van der Waals surface area contributed by atoms with Gasteiger partial charge in [0.15, 0.2) is 0 Å². The minimum Gasteiger partial charge on any atom is -0.393 e.